The molecule has 0 saturated heterocycles. The molecule has 0 amide bonds. The van der Waals surface area contributed by atoms with Gasteiger partial charge in [0.2, 0.25) is 0 Å². The quantitative estimate of drug-likeness (QED) is 0.829. The van der Waals surface area contributed by atoms with Gasteiger partial charge in [-0.1, -0.05) is 6.07 Å². The van der Waals surface area contributed by atoms with Crippen LogP contribution in [-0.4, -0.2) is 22.4 Å². The van der Waals surface area contributed by atoms with Crippen molar-refractivity contribution in [3.05, 3.63) is 29.6 Å². The lowest BCUT2D eigenvalue weighted by atomic mass is 10.1. The third kappa shape index (κ3) is 3.79. The van der Waals surface area contributed by atoms with Gasteiger partial charge in [-0.25, -0.2) is 4.39 Å². The highest BCUT2D eigenvalue weighted by molar-refractivity contribution is 5.30. The molecule has 1 atom stereocenters. The molecule has 1 rings (SSSR count). The van der Waals surface area contributed by atoms with Gasteiger partial charge in [-0.2, -0.15) is 0 Å². The van der Waals surface area contributed by atoms with E-state index in [0.29, 0.717) is 5.56 Å². The van der Waals surface area contributed by atoms with E-state index in [1.807, 2.05) is 0 Å². The van der Waals surface area contributed by atoms with Crippen LogP contribution in [-0.2, 0) is 0 Å². The number of benzene rings is 1. The Balaban J connectivity index is 2.76. The Morgan fingerprint density at radius 3 is 2.50 bits per heavy atom. The van der Waals surface area contributed by atoms with E-state index in [4.69, 9.17) is 4.74 Å². The first-order chi connectivity index (χ1) is 7.29. The average Bonchev–Trinajstić information content (AvgIpc) is 2.14. The molecule has 0 radical (unpaired) electrons. The van der Waals surface area contributed by atoms with Crippen LogP contribution in [0.2, 0.25) is 0 Å². The molecule has 90 valence electrons. The largest absolute Gasteiger partial charge is 0.488 e. The predicted octanol–water partition coefficient (Wildman–Crippen LogP) is 2.03. The van der Waals surface area contributed by atoms with Crippen molar-refractivity contribution in [1.82, 2.24) is 0 Å². The highest BCUT2D eigenvalue weighted by atomic mass is 19.1. The summed E-state index contributed by atoms with van der Waals surface area (Å²) in [6.07, 6.45) is -0.710. The Labute approximate surface area is 94.5 Å². The molecular formula is C12H17FO3. The summed E-state index contributed by atoms with van der Waals surface area (Å²) < 4.78 is 18.6. The monoisotopic (exact) mass is 228 g/mol. The van der Waals surface area contributed by atoms with E-state index in [0.717, 1.165) is 0 Å². The van der Waals surface area contributed by atoms with Crippen LogP contribution in [0, 0.1) is 5.82 Å². The van der Waals surface area contributed by atoms with Gasteiger partial charge < -0.3 is 14.9 Å². The summed E-state index contributed by atoms with van der Waals surface area (Å²) >= 11 is 0. The van der Waals surface area contributed by atoms with Gasteiger partial charge in [0.15, 0.2) is 11.6 Å². The molecule has 0 spiro atoms. The number of hydrogen-bond donors (Lipinski definition) is 2. The van der Waals surface area contributed by atoms with Crippen LogP contribution < -0.4 is 4.74 Å². The summed E-state index contributed by atoms with van der Waals surface area (Å²) in [4.78, 5) is 0. The van der Waals surface area contributed by atoms with Crippen LogP contribution in [0.3, 0.4) is 0 Å². The molecule has 0 aliphatic carbocycles. The summed E-state index contributed by atoms with van der Waals surface area (Å²) in [5.41, 5.74) is -0.511. The van der Waals surface area contributed by atoms with Crippen molar-refractivity contribution in [2.45, 2.75) is 32.5 Å². The fourth-order valence-corrected chi connectivity index (χ4v) is 1.15. The molecule has 0 bridgehead atoms. The van der Waals surface area contributed by atoms with Crippen molar-refractivity contribution >= 4 is 0 Å². The Hall–Kier alpha value is -1.13. The molecule has 2 N–H and O–H groups in total. The van der Waals surface area contributed by atoms with Crippen LogP contribution in [0.1, 0.15) is 32.4 Å². The maximum atomic E-state index is 13.5. The molecule has 0 saturated carbocycles. The second kappa shape index (κ2) is 4.80. The number of aliphatic hydroxyl groups excluding tert-OH is 1. The van der Waals surface area contributed by atoms with E-state index >= 15 is 0 Å². The smallest absolute Gasteiger partial charge is 0.165 e. The van der Waals surface area contributed by atoms with Gasteiger partial charge in [-0.3, -0.25) is 0 Å². The Morgan fingerprint density at radius 2 is 2.06 bits per heavy atom. The van der Waals surface area contributed by atoms with E-state index in [-0.39, 0.29) is 12.4 Å². The van der Waals surface area contributed by atoms with E-state index < -0.39 is 17.5 Å². The van der Waals surface area contributed by atoms with E-state index in [1.165, 1.54) is 12.1 Å². The standard InChI is InChI=1S/C12H17FO3/c1-8(14)9-4-5-11(10(13)6-9)16-7-12(2,3)15/h4-6,8,14-15H,7H2,1-3H3/t8-/m1/s1. The fraction of sp³-hybridized carbons (Fsp3) is 0.500. The van der Waals surface area contributed by atoms with Crippen LogP contribution in [0.4, 0.5) is 4.39 Å². The number of rotatable bonds is 4. The van der Waals surface area contributed by atoms with Gasteiger partial charge in [0.25, 0.3) is 0 Å². The first kappa shape index (κ1) is 12.9. The average molecular weight is 228 g/mol. The molecule has 1 aromatic carbocycles. The summed E-state index contributed by atoms with van der Waals surface area (Å²) in [5.74, 6) is -0.464. The molecule has 0 unspecified atom stereocenters. The van der Waals surface area contributed by atoms with Gasteiger partial charge in [0.1, 0.15) is 6.61 Å². The van der Waals surface area contributed by atoms with Gasteiger partial charge >= 0.3 is 0 Å². The third-order valence-corrected chi connectivity index (χ3v) is 2.02. The molecule has 0 fully saturated rings. The van der Waals surface area contributed by atoms with Crippen molar-refractivity contribution in [3.8, 4) is 5.75 Å². The van der Waals surface area contributed by atoms with E-state index in [9.17, 15) is 14.6 Å². The number of hydrogen-bond acceptors (Lipinski definition) is 3. The van der Waals surface area contributed by atoms with E-state index in [2.05, 4.69) is 0 Å². The maximum Gasteiger partial charge on any atom is 0.165 e. The first-order valence-corrected chi connectivity index (χ1v) is 5.12. The first-order valence-electron chi connectivity index (χ1n) is 5.12. The van der Waals surface area contributed by atoms with Crippen molar-refractivity contribution in [2.24, 2.45) is 0 Å². The normalized spacial score (nSPS) is 13.6. The second-order valence-corrected chi connectivity index (χ2v) is 4.47. The summed E-state index contributed by atoms with van der Waals surface area (Å²) in [5, 5.41) is 18.7. The highest BCUT2D eigenvalue weighted by Crippen LogP contribution is 2.22. The van der Waals surface area contributed by atoms with E-state index in [1.54, 1.807) is 26.8 Å². The van der Waals surface area contributed by atoms with Crippen LogP contribution in [0.15, 0.2) is 18.2 Å². The van der Waals surface area contributed by atoms with Crippen molar-refractivity contribution in [3.63, 3.8) is 0 Å². The van der Waals surface area contributed by atoms with Crippen LogP contribution in [0.25, 0.3) is 0 Å². The van der Waals surface area contributed by atoms with Gasteiger partial charge in [0, 0.05) is 0 Å². The molecule has 16 heavy (non-hydrogen) atoms. The number of aliphatic hydroxyl groups is 2. The maximum absolute atomic E-state index is 13.5. The second-order valence-electron chi connectivity index (χ2n) is 4.47. The lowest BCUT2D eigenvalue weighted by Crippen LogP contribution is -2.28. The lowest BCUT2D eigenvalue weighted by Gasteiger charge is -2.18. The van der Waals surface area contributed by atoms with Gasteiger partial charge in [-0.15, -0.1) is 0 Å². The molecule has 1 aromatic rings. The van der Waals surface area contributed by atoms with Gasteiger partial charge in [-0.05, 0) is 38.5 Å². The minimum atomic E-state index is -1.00. The molecule has 4 heteroatoms. The zero-order valence-corrected chi connectivity index (χ0v) is 9.70. The summed E-state index contributed by atoms with van der Waals surface area (Å²) in [7, 11) is 0. The Bertz CT molecular complexity index is 356. The molecule has 0 heterocycles. The predicted molar refractivity (Wildman–Crippen MR) is 58.8 cm³/mol. The minimum Gasteiger partial charge on any atom is -0.488 e. The summed E-state index contributed by atoms with van der Waals surface area (Å²) in [6.45, 7) is 4.73. The topological polar surface area (TPSA) is 49.7 Å². The number of ether oxygens (including phenoxy) is 1. The molecule has 3 nitrogen and oxygen atoms in total. The summed E-state index contributed by atoms with van der Waals surface area (Å²) in [6, 6.07) is 4.26. The highest BCUT2D eigenvalue weighted by Gasteiger charge is 2.15. The Morgan fingerprint density at radius 1 is 1.44 bits per heavy atom. The zero-order valence-electron chi connectivity index (χ0n) is 9.70. The third-order valence-electron chi connectivity index (χ3n) is 2.02. The van der Waals surface area contributed by atoms with Crippen molar-refractivity contribution < 1.29 is 19.3 Å². The molecule has 0 aliphatic rings. The molecule has 0 aromatic heterocycles. The van der Waals surface area contributed by atoms with Crippen LogP contribution in [0.5, 0.6) is 5.75 Å². The van der Waals surface area contributed by atoms with Crippen molar-refractivity contribution in [1.29, 1.82) is 0 Å². The van der Waals surface area contributed by atoms with Gasteiger partial charge in [0.05, 0.1) is 11.7 Å². The van der Waals surface area contributed by atoms with Crippen molar-refractivity contribution in [2.75, 3.05) is 6.61 Å². The molecule has 0 aliphatic heterocycles. The molecular weight excluding hydrogens is 211 g/mol. The van der Waals surface area contributed by atoms with Crippen LogP contribution >= 0.6 is 0 Å². The Kier molecular flexibility index (Phi) is 3.88. The fourth-order valence-electron chi connectivity index (χ4n) is 1.15. The number of halogens is 1. The zero-order chi connectivity index (χ0) is 12.3. The minimum absolute atomic E-state index is 0.0119. The SMILES string of the molecule is C[C@@H](O)c1ccc(OCC(C)(C)O)c(F)c1. The lowest BCUT2D eigenvalue weighted by molar-refractivity contribution is 0.0271.